The SMILES string of the molecule is CC1=CC2C(=[C-]1)C=CC=C2C.CC1=CC2C(=[C-]1)C=CC=C2C.[Y+3]. The zero-order chi connectivity index (χ0) is 15.7. The van der Waals surface area contributed by atoms with Gasteiger partial charge >= 0.3 is 32.7 Å². The second kappa shape index (κ2) is 7.73. The summed E-state index contributed by atoms with van der Waals surface area (Å²) in [4.78, 5) is 0. The Morgan fingerprint density at radius 3 is 1.43 bits per heavy atom. The third kappa shape index (κ3) is 4.11. The van der Waals surface area contributed by atoms with E-state index in [1.807, 2.05) is 0 Å². The topological polar surface area (TPSA) is 0 Å². The fourth-order valence-electron chi connectivity index (χ4n) is 3.23. The van der Waals surface area contributed by atoms with Crippen molar-refractivity contribution in [3.05, 3.63) is 94.2 Å². The molecule has 0 aromatic carbocycles. The molecule has 1 heteroatoms. The van der Waals surface area contributed by atoms with Crippen LogP contribution in [0.3, 0.4) is 0 Å². The van der Waals surface area contributed by atoms with E-state index >= 15 is 0 Å². The van der Waals surface area contributed by atoms with E-state index in [0.29, 0.717) is 11.8 Å². The predicted octanol–water partition coefficient (Wildman–Crippen LogP) is 5.61. The number of fused-ring (bicyclic) bond motifs is 2. The van der Waals surface area contributed by atoms with E-state index in [4.69, 9.17) is 0 Å². The van der Waals surface area contributed by atoms with Crippen molar-refractivity contribution in [3.8, 4) is 0 Å². The first kappa shape index (κ1) is 18.4. The van der Waals surface area contributed by atoms with Gasteiger partial charge in [-0.1, -0.05) is 37.1 Å². The summed E-state index contributed by atoms with van der Waals surface area (Å²) in [6.45, 7) is 8.55. The summed E-state index contributed by atoms with van der Waals surface area (Å²) >= 11 is 0. The molecular formula is C22H22Y+. The van der Waals surface area contributed by atoms with Gasteiger partial charge in [0.2, 0.25) is 0 Å². The summed E-state index contributed by atoms with van der Waals surface area (Å²) in [6, 6.07) is 0. The van der Waals surface area contributed by atoms with Crippen molar-refractivity contribution >= 4 is 0 Å². The number of hydrogen-bond donors (Lipinski definition) is 0. The molecule has 2 unspecified atom stereocenters. The van der Waals surface area contributed by atoms with Gasteiger partial charge in [0.05, 0.1) is 0 Å². The van der Waals surface area contributed by atoms with Gasteiger partial charge in [-0.25, -0.2) is 0 Å². The summed E-state index contributed by atoms with van der Waals surface area (Å²) in [6.07, 6.45) is 24.0. The van der Waals surface area contributed by atoms with E-state index in [0.717, 1.165) is 0 Å². The summed E-state index contributed by atoms with van der Waals surface area (Å²) in [5.41, 5.74) is 8.03. The summed E-state index contributed by atoms with van der Waals surface area (Å²) < 4.78 is 0. The third-order valence-electron chi connectivity index (χ3n) is 4.44. The van der Waals surface area contributed by atoms with Crippen LogP contribution in [0, 0.1) is 24.0 Å². The molecule has 0 aromatic rings. The Morgan fingerprint density at radius 2 is 1.09 bits per heavy atom. The summed E-state index contributed by atoms with van der Waals surface area (Å²) in [7, 11) is 0. The quantitative estimate of drug-likeness (QED) is 0.483. The first-order valence-electron chi connectivity index (χ1n) is 7.89. The molecule has 0 radical (unpaired) electrons. The van der Waals surface area contributed by atoms with E-state index in [2.05, 4.69) is 88.5 Å². The van der Waals surface area contributed by atoms with Crippen molar-refractivity contribution in [1.82, 2.24) is 0 Å². The molecule has 23 heavy (non-hydrogen) atoms. The predicted molar refractivity (Wildman–Crippen MR) is 93.8 cm³/mol. The van der Waals surface area contributed by atoms with Crippen molar-refractivity contribution in [1.29, 1.82) is 0 Å². The molecule has 2 atom stereocenters. The van der Waals surface area contributed by atoms with Gasteiger partial charge in [0.1, 0.15) is 0 Å². The molecule has 0 heterocycles. The maximum Gasteiger partial charge on any atom is 3.00 e. The average Bonchev–Trinajstić information content (AvgIpc) is 3.03. The van der Waals surface area contributed by atoms with Crippen molar-refractivity contribution in [3.63, 3.8) is 0 Å². The van der Waals surface area contributed by atoms with Crippen LogP contribution in [0.4, 0.5) is 0 Å². The van der Waals surface area contributed by atoms with Gasteiger partial charge in [0.15, 0.2) is 0 Å². The molecule has 112 valence electrons. The molecule has 0 spiro atoms. The maximum absolute atomic E-state index is 3.34. The number of allylic oxidation sites excluding steroid dienone is 16. The van der Waals surface area contributed by atoms with Gasteiger partial charge in [0, 0.05) is 0 Å². The molecule has 0 nitrogen and oxygen atoms in total. The molecule has 0 aromatic heterocycles. The minimum Gasteiger partial charge on any atom is -0.178 e. The van der Waals surface area contributed by atoms with Crippen molar-refractivity contribution in [2.75, 3.05) is 0 Å². The van der Waals surface area contributed by atoms with E-state index in [1.54, 1.807) is 0 Å². The molecule has 4 aliphatic rings. The fraction of sp³-hybridized carbons (Fsp3) is 0.273. The molecule has 4 rings (SSSR count). The summed E-state index contributed by atoms with van der Waals surface area (Å²) in [5, 5.41) is 0. The zero-order valence-electron chi connectivity index (χ0n) is 14.4. The van der Waals surface area contributed by atoms with Gasteiger partial charge in [-0.2, -0.15) is 58.7 Å². The monoisotopic (exact) mass is 375 g/mol. The van der Waals surface area contributed by atoms with Crippen LogP contribution in [0.1, 0.15) is 27.7 Å². The van der Waals surface area contributed by atoms with Crippen LogP contribution in [-0.4, -0.2) is 0 Å². The van der Waals surface area contributed by atoms with E-state index in [9.17, 15) is 0 Å². The minimum absolute atomic E-state index is 0. The maximum atomic E-state index is 3.34. The molecule has 0 saturated heterocycles. The van der Waals surface area contributed by atoms with Crippen LogP contribution < -0.4 is 0 Å². The molecule has 4 aliphatic carbocycles. The van der Waals surface area contributed by atoms with E-state index < -0.39 is 0 Å². The third-order valence-corrected chi connectivity index (χ3v) is 4.44. The second-order valence-electron chi connectivity index (χ2n) is 6.35. The average molecular weight is 375 g/mol. The molecule has 0 fully saturated rings. The van der Waals surface area contributed by atoms with Crippen molar-refractivity contribution in [2.45, 2.75) is 27.7 Å². The molecule has 0 N–H and O–H groups in total. The Bertz CT molecular complexity index is 666. The van der Waals surface area contributed by atoms with Crippen LogP contribution in [0.25, 0.3) is 0 Å². The first-order chi connectivity index (χ1) is 10.5. The Hall–Kier alpha value is -0.976. The molecule has 0 saturated carbocycles. The van der Waals surface area contributed by atoms with Gasteiger partial charge in [0.25, 0.3) is 0 Å². The van der Waals surface area contributed by atoms with E-state index in [1.165, 1.54) is 33.4 Å². The molecule has 0 bridgehead atoms. The second-order valence-corrected chi connectivity index (χ2v) is 6.35. The van der Waals surface area contributed by atoms with Crippen molar-refractivity contribution < 1.29 is 32.7 Å². The fourth-order valence-corrected chi connectivity index (χ4v) is 3.23. The largest absolute Gasteiger partial charge is 3.00 e. The van der Waals surface area contributed by atoms with Crippen LogP contribution in [0.5, 0.6) is 0 Å². The van der Waals surface area contributed by atoms with Crippen LogP contribution >= 0.6 is 0 Å². The number of rotatable bonds is 0. The van der Waals surface area contributed by atoms with Crippen molar-refractivity contribution in [2.24, 2.45) is 11.8 Å². The van der Waals surface area contributed by atoms with Gasteiger partial charge in [-0.3, -0.25) is 0 Å². The Kier molecular flexibility index (Phi) is 6.17. The van der Waals surface area contributed by atoms with Crippen LogP contribution in [0.2, 0.25) is 0 Å². The normalized spacial score (nSPS) is 26.3. The zero-order valence-corrected chi connectivity index (χ0v) is 17.2. The summed E-state index contributed by atoms with van der Waals surface area (Å²) in [5.74, 6) is 1.06. The Morgan fingerprint density at radius 1 is 0.696 bits per heavy atom. The first-order valence-corrected chi connectivity index (χ1v) is 7.89. The minimum atomic E-state index is 0. The van der Waals surface area contributed by atoms with Crippen LogP contribution in [-0.2, 0) is 32.7 Å². The molecule has 0 amide bonds. The van der Waals surface area contributed by atoms with Gasteiger partial charge in [-0.15, -0.1) is 12.2 Å². The molecule has 0 aliphatic heterocycles. The van der Waals surface area contributed by atoms with Gasteiger partial charge < -0.3 is 0 Å². The Labute approximate surface area is 165 Å². The van der Waals surface area contributed by atoms with Gasteiger partial charge in [-0.05, 0) is 25.7 Å². The van der Waals surface area contributed by atoms with Crippen LogP contribution in [0.15, 0.2) is 82.0 Å². The number of hydrogen-bond acceptors (Lipinski definition) is 0. The standard InChI is InChI=1S/2C11H11.Y/c2*1-8-6-10-5-3-4-9(2)11(10)7-8;/h2*3-5,7,11H,1-2H3;/q2*-1;+3. The smallest absolute Gasteiger partial charge is 0.178 e. The Balaban J connectivity index is 0.000000160. The molecular weight excluding hydrogens is 353 g/mol. The van der Waals surface area contributed by atoms with E-state index in [-0.39, 0.29) is 32.7 Å².